The summed E-state index contributed by atoms with van der Waals surface area (Å²) in [6.07, 6.45) is 4.11. The smallest absolute Gasteiger partial charge is 0.0588 e. The van der Waals surface area contributed by atoms with Crippen LogP contribution in [0.2, 0.25) is 0 Å². The lowest BCUT2D eigenvalue weighted by Crippen LogP contribution is -2.50. The fraction of sp³-hybridized carbons (Fsp3) is 1.00. The van der Waals surface area contributed by atoms with Crippen molar-refractivity contribution in [2.45, 2.75) is 51.7 Å². The van der Waals surface area contributed by atoms with Crippen molar-refractivity contribution < 1.29 is 4.74 Å². The lowest BCUT2D eigenvalue weighted by molar-refractivity contribution is 0.0704. The Bertz CT molecular complexity index is 176. The number of likely N-dealkylation sites (N-methyl/N-ethyl adjacent to an activating group) is 1. The summed E-state index contributed by atoms with van der Waals surface area (Å²) in [5.41, 5.74) is 5.91. The summed E-state index contributed by atoms with van der Waals surface area (Å²) >= 11 is 0. The van der Waals surface area contributed by atoms with E-state index in [4.69, 9.17) is 10.5 Å². The minimum Gasteiger partial charge on any atom is -0.378 e. The molecule has 1 unspecified atom stereocenters. The fourth-order valence-electron chi connectivity index (χ4n) is 2.19. The molecular formula is C12H26N2O. The molecule has 0 bridgehead atoms. The molecule has 0 radical (unpaired) electrons. The summed E-state index contributed by atoms with van der Waals surface area (Å²) in [4.78, 5) is 2.45. The fourth-order valence-corrected chi connectivity index (χ4v) is 2.19. The molecule has 0 aromatic heterocycles. The molecule has 2 N–H and O–H groups in total. The molecule has 15 heavy (non-hydrogen) atoms. The standard InChI is InChI=1S/C12H26N2O/c1-4-14(12(2,3)10-13)8-7-11-6-5-9-15-11/h11H,4-10,13H2,1-3H3. The van der Waals surface area contributed by atoms with Gasteiger partial charge in [0.25, 0.3) is 0 Å². The Labute approximate surface area is 94.0 Å². The van der Waals surface area contributed by atoms with Gasteiger partial charge in [-0.1, -0.05) is 6.92 Å². The molecular weight excluding hydrogens is 188 g/mol. The van der Waals surface area contributed by atoms with Gasteiger partial charge in [-0.25, -0.2) is 0 Å². The first kappa shape index (κ1) is 12.9. The van der Waals surface area contributed by atoms with E-state index in [0.29, 0.717) is 12.6 Å². The largest absolute Gasteiger partial charge is 0.378 e. The molecule has 3 nitrogen and oxygen atoms in total. The van der Waals surface area contributed by atoms with Gasteiger partial charge >= 0.3 is 0 Å². The number of rotatable bonds is 6. The van der Waals surface area contributed by atoms with E-state index in [1.807, 2.05) is 0 Å². The van der Waals surface area contributed by atoms with E-state index < -0.39 is 0 Å². The van der Waals surface area contributed by atoms with Crippen LogP contribution in [0, 0.1) is 0 Å². The highest BCUT2D eigenvalue weighted by molar-refractivity contribution is 4.82. The van der Waals surface area contributed by atoms with Crippen LogP contribution in [0.15, 0.2) is 0 Å². The van der Waals surface area contributed by atoms with Crippen molar-refractivity contribution in [3.8, 4) is 0 Å². The molecule has 0 aromatic carbocycles. The third-order valence-corrected chi connectivity index (χ3v) is 3.48. The van der Waals surface area contributed by atoms with Gasteiger partial charge in [-0.15, -0.1) is 0 Å². The van der Waals surface area contributed by atoms with Gasteiger partial charge in [-0.2, -0.15) is 0 Å². The molecule has 1 aliphatic rings. The Morgan fingerprint density at radius 3 is 2.67 bits per heavy atom. The molecule has 1 atom stereocenters. The van der Waals surface area contributed by atoms with Crippen LogP contribution in [-0.2, 0) is 4.74 Å². The van der Waals surface area contributed by atoms with Gasteiger partial charge in [0.2, 0.25) is 0 Å². The highest BCUT2D eigenvalue weighted by Gasteiger charge is 2.25. The van der Waals surface area contributed by atoms with Gasteiger partial charge < -0.3 is 10.5 Å². The lowest BCUT2D eigenvalue weighted by atomic mass is 10.0. The van der Waals surface area contributed by atoms with Gasteiger partial charge in [0.05, 0.1) is 6.10 Å². The Morgan fingerprint density at radius 2 is 2.20 bits per heavy atom. The summed E-state index contributed by atoms with van der Waals surface area (Å²) in [5.74, 6) is 0. The van der Waals surface area contributed by atoms with Crippen molar-refractivity contribution in [2.75, 3.05) is 26.2 Å². The summed E-state index contributed by atoms with van der Waals surface area (Å²) in [7, 11) is 0. The maximum Gasteiger partial charge on any atom is 0.0588 e. The van der Waals surface area contributed by atoms with Crippen LogP contribution < -0.4 is 5.73 Å². The molecule has 3 heteroatoms. The quantitative estimate of drug-likeness (QED) is 0.730. The zero-order valence-electron chi connectivity index (χ0n) is 10.5. The monoisotopic (exact) mass is 214 g/mol. The topological polar surface area (TPSA) is 38.5 Å². The number of ether oxygens (including phenoxy) is 1. The highest BCUT2D eigenvalue weighted by Crippen LogP contribution is 2.18. The van der Waals surface area contributed by atoms with E-state index in [0.717, 1.165) is 26.1 Å². The van der Waals surface area contributed by atoms with Gasteiger partial charge in [-0.05, 0) is 39.7 Å². The minimum atomic E-state index is 0.118. The van der Waals surface area contributed by atoms with Gasteiger partial charge in [-0.3, -0.25) is 4.90 Å². The first-order valence-electron chi connectivity index (χ1n) is 6.17. The third-order valence-electron chi connectivity index (χ3n) is 3.48. The van der Waals surface area contributed by atoms with Gasteiger partial charge in [0, 0.05) is 25.2 Å². The molecule has 0 spiro atoms. The molecule has 0 amide bonds. The maximum absolute atomic E-state index is 5.79. The van der Waals surface area contributed by atoms with E-state index in [9.17, 15) is 0 Å². The minimum absolute atomic E-state index is 0.118. The number of nitrogens with two attached hydrogens (primary N) is 1. The first-order valence-corrected chi connectivity index (χ1v) is 6.17. The molecule has 1 heterocycles. The Kier molecular flexibility index (Phi) is 5.03. The van der Waals surface area contributed by atoms with E-state index in [2.05, 4.69) is 25.7 Å². The van der Waals surface area contributed by atoms with Crippen molar-refractivity contribution in [1.82, 2.24) is 4.90 Å². The van der Waals surface area contributed by atoms with Crippen molar-refractivity contribution in [3.05, 3.63) is 0 Å². The predicted molar refractivity (Wildman–Crippen MR) is 64.0 cm³/mol. The van der Waals surface area contributed by atoms with Crippen molar-refractivity contribution in [1.29, 1.82) is 0 Å². The molecule has 90 valence electrons. The lowest BCUT2D eigenvalue weighted by Gasteiger charge is -2.37. The molecule has 1 fully saturated rings. The molecule has 1 aliphatic heterocycles. The van der Waals surface area contributed by atoms with E-state index in [-0.39, 0.29) is 5.54 Å². The third kappa shape index (κ3) is 3.74. The van der Waals surface area contributed by atoms with Gasteiger partial charge in [0.15, 0.2) is 0 Å². The second kappa shape index (κ2) is 5.83. The molecule has 1 rings (SSSR count). The van der Waals surface area contributed by atoms with Crippen molar-refractivity contribution >= 4 is 0 Å². The van der Waals surface area contributed by atoms with E-state index >= 15 is 0 Å². The zero-order valence-corrected chi connectivity index (χ0v) is 10.5. The number of hydrogen-bond donors (Lipinski definition) is 1. The van der Waals surface area contributed by atoms with Crippen LogP contribution in [-0.4, -0.2) is 42.8 Å². The molecule has 1 saturated heterocycles. The Morgan fingerprint density at radius 1 is 1.47 bits per heavy atom. The van der Waals surface area contributed by atoms with E-state index in [1.165, 1.54) is 12.8 Å². The average molecular weight is 214 g/mol. The van der Waals surface area contributed by atoms with Crippen molar-refractivity contribution in [3.63, 3.8) is 0 Å². The Hall–Kier alpha value is -0.120. The van der Waals surface area contributed by atoms with Crippen molar-refractivity contribution in [2.24, 2.45) is 5.73 Å². The van der Waals surface area contributed by atoms with Crippen LogP contribution in [0.25, 0.3) is 0 Å². The number of nitrogens with zero attached hydrogens (tertiary/aromatic N) is 1. The summed E-state index contributed by atoms with van der Waals surface area (Å²) < 4.78 is 5.64. The first-order chi connectivity index (χ1) is 7.10. The van der Waals surface area contributed by atoms with Crippen LogP contribution in [0.1, 0.15) is 40.0 Å². The van der Waals surface area contributed by atoms with Crippen LogP contribution >= 0.6 is 0 Å². The second-order valence-corrected chi connectivity index (χ2v) is 5.02. The summed E-state index contributed by atoms with van der Waals surface area (Å²) in [6.45, 7) is 10.5. The SMILES string of the molecule is CCN(CCC1CCCO1)C(C)(C)CN. The highest BCUT2D eigenvalue weighted by atomic mass is 16.5. The van der Waals surface area contributed by atoms with E-state index in [1.54, 1.807) is 0 Å². The van der Waals surface area contributed by atoms with Crippen LogP contribution in [0.5, 0.6) is 0 Å². The average Bonchev–Trinajstić information content (AvgIpc) is 2.71. The zero-order chi connectivity index (χ0) is 11.3. The number of hydrogen-bond acceptors (Lipinski definition) is 3. The normalized spacial score (nSPS) is 22.6. The Balaban J connectivity index is 2.32. The molecule has 0 saturated carbocycles. The van der Waals surface area contributed by atoms with Crippen LogP contribution in [0.4, 0.5) is 0 Å². The maximum atomic E-state index is 5.79. The van der Waals surface area contributed by atoms with Crippen LogP contribution in [0.3, 0.4) is 0 Å². The molecule has 0 aliphatic carbocycles. The summed E-state index contributed by atoms with van der Waals surface area (Å²) in [5, 5.41) is 0. The predicted octanol–water partition coefficient (Wildman–Crippen LogP) is 1.61. The molecule has 0 aromatic rings. The van der Waals surface area contributed by atoms with Gasteiger partial charge in [0.1, 0.15) is 0 Å². The summed E-state index contributed by atoms with van der Waals surface area (Å²) in [6, 6.07) is 0. The second-order valence-electron chi connectivity index (χ2n) is 5.02.